The Morgan fingerprint density at radius 1 is 1.13 bits per heavy atom. The van der Waals surface area contributed by atoms with Gasteiger partial charge in [-0.25, -0.2) is 0 Å². The van der Waals surface area contributed by atoms with Gasteiger partial charge in [0.25, 0.3) is 0 Å². The predicted octanol–water partition coefficient (Wildman–Crippen LogP) is 1.87. The third kappa shape index (κ3) is 4.96. The van der Waals surface area contributed by atoms with Gasteiger partial charge in [0.1, 0.15) is 6.54 Å². The number of likely N-dealkylation sites (N-methyl/N-ethyl adjacent to an activating group) is 2. The predicted molar refractivity (Wildman–Crippen MR) is 65.7 cm³/mol. The van der Waals surface area contributed by atoms with E-state index in [0.29, 0.717) is 0 Å². The number of rotatable bonds is 6. The van der Waals surface area contributed by atoms with Crippen LogP contribution < -0.4 is 5.32 Å². The molecule has 0 unspecified atom stereocenters. The molecular formula is C13H23N2+. The first-order chi connectivity index (χ1) is 7.14. The first kappa shape index (κ1) is 12.2. The van der Waals surface area contributed by atoms with Crippen LogP contribution in [0.1, 0.15) is 12.5 Å². The third-order valence-electron chi connectivity index (χ3n) is 2.60. The maximum absolute atomic E-state index is 3.37. The highest BCUT2D eigenvalue weighted by Gasteiger charge is 2.14. The van der Waals surface area contributed by atoms with Crippen molar-refractivity contribution < 1.29 is 4.48 Å². The summed E-state index contributed by atoms with van der Waals surface area (Å²) in [6, 6.07) is 10.7. The minimum atomic E-state index is 1.04. The second-order valence-electron chi connectivity index (χ2n) is 4.66. The Kier molecular flexibility index (Phi) is 4.79. The Hall–Kier alpha value is -0.860. The molecule has 0 atom stereocenters. The van der Waals surface area contributed by atoms with Crippen LogP contribution in [0.5, 0.6) is 0 Å². The van der Waals surface area contributed by atoms with Gasteiger partial charge in [0.2, 0.25) is 0 Å². The summed E-state index contributed by atoms with van der Waals surface area (Å²) in [4.78, 5) is 0. The van der Waals surface area contributed by atoms with Gasteiger partial charge in [-0.15, -0.1) is 0 Å². The largest absolute Gasteiger partial charge is 0.324 e. The van der Waals surface area contributed by atoms with Crippen LogP contribution in [-0.4, -0.2) is 38.2 Å². The Balaban J connectivity index is 2.42. The summed E-state index contributed by atoms with van der Waals surface area (Å²) in [5, 5.41) is 3.37. The Bertz CT molecular complexity index is 267. The van der Waals surface area contributed by atoms with Gasteiger partial charge in [-0.2, -0.15) is 0 Å². The average molecular weight is 207 g/mol. The first-order valence-electron chi connectivity index (χ1n) is 5.71. The maximum atomic E-state index is 3.37. The van der Waals surface area contributed by atoms with Crippen molar-refractivity contribution in [3.05, 3.63) is 35.9 Å². The number of benzene rings is 1. The zero-order chi connectivity index (χ0) is 11.1. The fraction of sp³-hybridized carbons (Fsp3) is 0.538. The zero-order valence-electron chi connectivity index (χ0n) is 10.2. The molecule has 0 aromatic heterocycles. The van der Waals surface area contributed by atoms with Crippen molar-refractivity contribution in [2.45, 2.75) is 13.5 Å². The van der Waals surface area contributed by atoms with Gasteiger partial charge >= 0.3 is 0 Å². The van der Waals surface area contributed by atoms with Crippen molar-refractivity contribution in [2.24, 2.45) is 0 Å². The van der Waals surface area contributed by atoms with Gasteiger partial charge in [0.15, 0.2) is 0 Å². The molecule has 0 aliphatic rings. The molecule has 0 fully saturated rings. The van der Waals surface area contributed by atoms with E-state index in [1.54, 1.807) is 0 Å². The molecule has 0 amide bonds. The molecule has 1 N–H and O–H groups in total. The van der Waals surface area contributed by atoms with E-state index in [0.717, 1.165) is 24.1 Å². The lowest BCUT2D eigenvalue weighted by molar-refractivity contribution is -0.902. The Morgan fingerprint density at radius 3 is 2.40 bits per heavy atom. The Morgan fingerprint density at radius 2 is 1.80 bits per heavy atom. The van der Waals surface area contributed by atoms with E-state index in [2.05, 4.69) is 56.7 Å². The molecule has 1 aromatic rings. The van der Waals surface area contributed by atoms with Crippen LogP contribution in [0.2, 0.25) is 0 Å². The van der Waals surface area contributed by atoms with Crippen molar-refractivity contribution >= 4 is 0 Å². The first-order valence-corrected chi connectivity index (χ1v) is 5.71. The van der Waals surface area contributed by atoms with Crippen molar-refractivity contribution in [1.29, 1.82) is 0 Å². The standard InChI is InChI=1S/C13H23N2/c1-4-14-10-11-15(2,3)12-13-8-6-5-7-9-13/h5-9,14H,4,10-12H2,1-3H3/q+1. The minimum Gasteiger partial charge on any atom is -0.324 e. The van der Waals surface area contributed by atoms with Crippen LogP contribution in [0.25, 0.3) is 0 Å². The second kappa shape index (κ2) is 5.89. The number of hydrogen-bond donors (Lipinski definition) is 1. The van der Waals surface area contributed by atoms with Crippen LogP contribution >= 0.6 is 0 Å². The van der Waals surface area contributed by atoms with Gasteiger partial charge in [-0.3, -0.25) is 0 Å². The van der Waals surface area contributed by atoms with Crippen LogP contribution in [0, 0.1) is 0 Å². The fourth-order valence-electron chi connectivity index (χ4n) is 1.72. The summed E-state index contributed by atoms with van der Waals surface area (Å²) in [5.41, 5.74) is 1.42. The molecule has 0 saturated heterocycles. The molecule has 0 aliphatic heterocycles. The van der Waals surface area contributed by atoms with Gasteiger partial charge in [-0.1, -0.05) is 37.3 Å². The molecule has 84 valence electrons. The highest BCUT2D eigenvalue weighted by Crippen LogP contribution is 2.07. The third-order valence-corrected chi connectivity index (χ3v) is 2.60. The topological polar surface area (TPSA) is 12.0 Å². The molecule has 0 saturated carbocycles. The molecule has 1 aromatic carbocycles. The van der Waals surface area contributed by atoms with Crippen LogP contribution in [-0.2, 0) is 6.54 Å². The molecule has 2 nitrogen and oxygen atoms in total. The van der Waals surface area contributed by atoms with Crippen LogP contribution in [0.3, 0.4) is 0 Å². The summed E-state index contributed by atoms with van der Waals surface area (Å²) in [5.74, 6) is 0. The Labute approximate surface area is 93.5 Å². The average Bonchev–Trinajstić information content (AvgIpc) is 2.18. The molecule has 0 radical (unpaired) electrons. The molecule has 0 heterocycles. The van der Waals surface area contributed by atoms with Crippen molar-refractivity contribution in [3.63, 3.8) is 0 Å². The molecule has 1 rings (SSSR count). The van der Waals surface area contributed by atoms with E-state index in [9.17, 15) is 0 Å². The van der Waals surface area contributed by atoms with Crippen LogP contribution in [0.15, 0.2) is 30.3 Å². The summed E-state index contributed by atoms with van der Waals surface area (Å²) < 4.78 is 1.04. The number of nitrogens with zero attached hydrogens (tertiary/aromatic N) is 1. The van der Waals surface area contributed by atoms with E-state index in [1.165, 1.54) is 12.1 Å². The molecule has 0 aliphatic carbocycles. The number of hydrogen-bond acceptors (Lipinski definition) is 1. The maximum Gasteiger partial charge on any atom is 0.104 e. The second-order valence-corrected chi connectivity index (χ2v) is 4.66. The monoisotopic (exact) mass is 207 g/mol. The van der Waals surface area contributed by atoms with E-state index < -0.39 is 0 Å². The normalized spacial score (nSPS) is 11.7. The molecule has 15 heavy (non-hydrogen) atoms. The highest BCUT2D eigenvalue weighted by molar-refractivity contribution is 5.13. The molecule has 0 bridgehead atoms. The summed E-state index contributed by atoms with van der Waals surface area (Å²) in [6.07, 6.45) is 0. The number of quaternary nitrogens is 1. The summed E-state index contributed by atoms with van der Waals surface area (Å²) >= 11 is 0. The minimum absolute atomic E-state index is 1.04. The summed E-state index contributed by atoms with van der Waals surface area (Å²) in [6.45, 7) is 6.58. The SMILES string of the molecule is CCNCC[N+](C)(C)Cc1ccccc1. The van der Waals surface area contributed by atoms with Crippen LogP contribution in [0.4, 0.5) is 0 Å². The quantitative estimate of drug-likeness (QED) is 0.555. The molecular weight excluding hydrogens is 184 g/mol. The highest BCUT2D eigenvalue weighted by atomic mass is 15.3. The van der Waals surface area contributed by atoms with E-state index in [4.69, 9.17) is 0 Å². The lowest BCUT2D eigenvalue weighted by Crippen LogP contribution is -2.43. The van der Waals surface area contributed by atoms with Crippen molar-refractivity contribution in [2.75, 3.05) is 33.7 Å². The fourth-order valence-corrected chi connectivity index (χ4v) is 1.72. The lowest BCUT2D eigenvalue weighted by atomic mass is 10.2. The van der Waals surface area contributed by atoms with Crippen molar-refractivity contribution in [3.8, 4) is 0 Å². The van der Waals surface area contributed by atoms with E-state index >= 15 is 0 Å². The lowest BCUT2D eigenvalue weighted by Gasteiger charge is -2.30. The smallest absolute Gasteiger partial charge is 0.104 e. The van der Waals surface area contributed by atoms with Crippen molar-refractivity contribution in [1.82, 2.24) is 5.32 Å². The van der Waals surface area contributed by atoms with Gasteiger partial charge in [-0.05, 0) is 6.54 Å². The molecule has 2 heteroatoms. The molecule has 0 spiro atoms. The van der Waals surface area contributed by atoms with Gasteiger partial charge < -0.3 is 9.80 Å². The van der Waals surface area contributed by atoms with E-state index in [-0.39, 0.29) is 0 Å². The van der Waals surface area contributed by atoms with Gasteiger partial charge in [0, 0.05) is 12.1 Å². The van der Waals surface area contributed by atoms with Gasteiger partial charge in [0.05, 0.1) is 20.6 Å². The zero-order valence-corrected chi connectivity index (χ0v) is 10.2. The number of nitrogens with one attached hydrogen (secondary N) is 1. The van der Waals surface area contributed by atoms with E-state index in [1.807, 2.05) is 0 Å². The summed E-state index contributed by atoms with van der Waals surface area (Å²) in [7, 11) is 4.56.